The van der Waals surface area contributed by atoms with E-state index in [4.69, 9.17) is 4.42 Å². The van der Waals surface area contributed by atoms with Crippen LogP contribution in [0.25, 0.3) is 0 Å². The Morgan fingerprint density at radius 1 is 1.40 bits per heavy atom. The largest absolute Gasteiger partial charge is 0.408 e. The zero-order valence-electron chi connectivity index (χ0n) is 11.2. The first-order chi connectivity index (χ1) is 9.74. The topological polar surface area (TPSA) is 88.3 Å². The smallest absolute Gasteiger partial charge is 0.322 e. The molecule has 108 valence electrons. The summed E-state index contributed by atoms with van der Waals surface area (Å²) in [5.41, 5.74) is 0. The number of carbonyl (C=O) groups excluding carboxylic acids is 2. The highest BCUT2D eigenvalue weighted by Crippen LogP contribution is 2.39. The summed E-state index contributed by atoms with van der Waals surface area (Å²) >= 11 is 0. The van der Waals surface area contributed by atoms with E-state index >= 15 is 0 Å². The molecule has 0 aromatic carbocycles. The molecule has 1 saturated carbocycles. The molecule has 1 aliphatic heterocycles. The van der Waals surface area contributed by atoms with Crippen molar-refractivity contribution in [2.45, 2.75) is 31.6 Å². The molecule has 1 N–H and O–H groups in total. The molecule has 1 aromatic rings. The molecular formula is C13H18N4O3. The third-order valence-corrected chi connectivity index (χ3v) is 3.72. The van der Waals surface area contributed by atoms with E-state index in [-0.39, 0.29) is 24.4 Å². The second kappa shape index (κ2) is 5.70. The minimum absolute atomic E-state index is 0.0430. The summed E-state index contributed by atoms with van der Waals surface area (Å²) in [5, 5.41) is 10.3. The van der Waals surface area contributed by atoms with Crippen LogP contribution in [-0.4, -0.2) is 46.9 Å². The van der Waals surface area contributed by atoms with E-state index < -0.39 is 0 Å². The van der Waals surface area contributed by atoms with Crippen LogP contribution in [0.4, 0.5) is 6.01 Å². The minimum atomic E-state index is -0.178. The van der Waals surface area contributed by atoms with Crippen molar-refractivity contribution in [2.24, 2.45) is 5.92 Å². The van der Waals surface area contributed by atoms with Gasteiger partial charge in [0.1, 0.15) is 6.29 Å². The lowest BCUT2D eigenvalue weighted by atomic mass is 10.00. The van der Waals surface area contributed by atoms with Gasteiger partial charge >= 0.3 is 6.01 Å². The summed E-state index contributed by atoms with van der Waals surface area (Å²) in [7, 11) is 0. The number of piperidine rings is 1. The van der Waals surface area contributed by atoms with Crippen LogP contribution in [-0.2, 0) is 9.59 Å². The maximum Gasteiger partial charge on any atom is 0.322 e. The Morgan fingerprint density at radius 2 is 2.25 bits per heavy atom. The van der Waals surface area contributed by atoms with Crippen molar-refractivity contribution in [1.82, 2.24) is 15.1 Å². The molecule has 3 rings (SSSR count). The normalized spacial score (nSPS) is 23.5. The third-order valence-electron chi connectivity index (χ3n) is 3.72. The summed E-state index contributed by atoms with van der Waals surface area (Å²) in [5.74, 6) is 0.854. The van der Waals surface area contributed by atoms with Crippen LogP contribution in [0.3, 0.4) is 0 Å². The second-order valence-electron chi connectivity index (χ2n) is 5.54. The quantitative estimate of drug-likeness (QED) is 0.801. The van der Waals surface area contributed by atoms with Crippen LogP contribution in [0.1, 0.15) is 37.5 Å². The molecule has 1 aliphatic carbocycles. The van der Waals surface area contributed by atoms with Gasteiger partial charge in [-0.25, -0.2) is 0 Å². The highest BCUT2D eigenvalue weighted by atomic mass is 16.4. The summed E-state index contributed by atoms with van der Waals surface area (Å²) in [6.45, 7) is 1.74. The van der Waals surface area contributed by atoms with Crippen molar-refractivity contribution in [3.05, 3.63) is 5.89 Å². The molecule has 2 fully saturated rings. The van der Waals surface area contributed by atoms with E-state index in [0.717, 1.165) is 38.5 Å². The zero-order chi connectivity index (χ0) is 13.9. The summed E-state index contributed by atoms with van der Waals surface area (Å²) in [6, 6.07) is 0.167. The van der Waals surface area contributed by atoms with Crippen molar-refractivity contribution < 1.29 is 14.0 Å². The molecule has 20 heavy (non-hydrogen) atoms. The number of likely N-dealkylation sites (tertiary alicyclic amines) is 1. The molecule has 1 aromatic heterocycles. The van der Waals surface area contributed by atoms with Gasteiger partial charge in [0.05, 0.1) is 6.54 Å². The van der Waals surface area contributed by atoms with Crippen molar-refractivity contribution >= 4 is 18.2 Å². The van der Waals surface area contributed by atoms with Gasteiger partial charge in [-0.3, -0.25) is 15.0 Å². The maximum atomic E-state index is 11.9. The highest BCUT2D eigenvalue weighted by Gasteiger charge is 2.29. The number of amides is 1. The van der Waals surface area contributed by atoms with Crippen LogP contribution in [0.5, 0.6) is 0 Å². The van der Waals surface area contributed by atoms with E-state index in [1.54, 1.807) is 0 Å². The van der Waals surface area contributed by atoms with Crippen LogP contribution < -0.4 is 5.32 Å². The third kappa shape index (κ3) is 3.22. The zero-order valence-corrected chi connectivity index (χ0v) is 11.2. The fourth-order valence-electron chi connectivity index (χ4n) is 2.49. The first-order valence-corrected chi connectivity index (χ1v) is 7.05. The average Bonchev–Trinajstić information content (AvgIpc) is 3.20. The van der Waals surface area contributed by atoms with E-state index in [0.29, 0.717) is 18.4 Å². The molecule has 0 bridgehead atoms. The molecule has 0 radical (unpaired) electrons. The van der Waals surface area contributed by atoms with Crippen LogP contribution in [0, 0.1) is 5.92 Å². The fraction of sp³-hybridized carbons (Fsp3) is 0.692. The SMILES string of the molecule is O=CC1CCCN(CC(=O)Nc2nnc(C3CC3)o2)C1. The van der Waals surface area contributed by atoms with Gasteiger partial charge in [0, 0.05) is 18.4 Å². The Hall–Kier alpha value is -1.76. The van der Waals surface area contributed by atoms with E-state index in [2.05, 4.69) is 15.5 Å². The Morgan fingerprint density at radius 3 is 3.00 bits per heavy atom. The molecule has 1 amide bonds. The summed E-state index contributed by atoms with van der Waals surface area (Å²) < 4.78 is 5.38. The predicted molar refractivity (Wildman–Crippen MR) is 70.1 cm³/mol. The molecule has 1 saturated heterocycles. The molecule has 2 heterocycles. The molecule has 2 aliphatic rings. The highest BCUT2D eigenvalue weighted by molar-refractivity contribution is 5.90. The van der Waals surface area contributed by atoms with E-state index in [1.165, 1.54) is 0 Å². The van der Waals surface area contributed by atoms with Gasteiger partial charge in [0.2, 0.25) is 11.8 Å². The summed E-state index contributed by atoms with van der Waals surface area (Å²) in [4.78, 5) is 24.7. The standard InChI is InChI=1S/C13H18N4O3/c18-8-9-2-1-5-17(6-9)7-11(19)14-13-16-15-12(20-13)10-3-4-10/h8-10H,1-7H2,(H,14,16,19). The first-order valence-electron chi connectivity index (χ1n) is 7.05. The Labute approximate surface area is 116 Å². The van der Waals surface area contributed by atoms with Gasteiger partial charge in [-0.2, -0.15) is 0 Å². The molecule has 1 atom stereocenters. The number of nitrogens with zero attached hydrogens (tertiary/aromatic N) is 3. The maximum absolute atomic E-state index is 11.9. The number of anilines is 1. The number of rotatable bonds is 5. The molecule has 0 spiro atoms. The van der Waals surface area contributed by atoms with Gasteiger partial charge in [0.25, 0.3) is 0 Å². The lowest BCUT2D eigenvalue weighted by Gasteiger charge is -2.29. The van der Waals surface area contributed by atoms with Crippen LogP contribution in [0.2, 0.25) is 0 Å². The number of carbonyl (C=O) groups is 2. The van der Waals surface area contributed by atoms with Gasteiger partial charge in [-0.15, -0.1) is 5.10 Å². The van der Waals surface area contributed by atoms with E-state index in [9.17, 15) is 9.59 Å². The molecule has 7 heteroatoms. The summed E-state index contributed by atoms with van der Waals surface area (Å²) in [6.07, 6.45) is 5.00. The van der Waals surface area contributed by atoms with Crippen molar-refractivity contribution in [2.75, 3.05) is 25.0 Å². The van der Waals surface area contributed by atoms with Crippen molar-refractivity contribution in [3.8, 4) is 0 Å². The number of aromatic nitrogens is 2. The van der Waals surface area contributed by atoms with Gasteiger partial charge in [-0.1, -0.05) is 5.10 Å². The lowest BCUT2D eigenvalue weighted by Crippen LogP contribution is -2.40. The van der Waals surface area contributed by atoms with Crippen LogP contribution in [0.15, 0.2) is 4.42 Å². The fourth-order valence-corrected chi connectivity index (χ4v) is 2.49. The average molecular weight is 278 g/mol. The predicted octanol–water partition coefficient (Wildman–Crippen LogP) is 0.796. The van der Waals surface area contributed by atoms with Gasteiger partial charge < -0.3 is 9.21 Å². The number of hydrogen-bond donors (Lipinski definition) is 1. The Bertz CT molecular complexity index is 498. The minimum Gasteiger partial charge on any atom is -0.408 e. The number of aldehydes is 1. The number of nitrogens with one attached hydrogen (secondary N) is 1. The van der Waals surface area contributed by atoms with Crippen molar-refractivity contribution in [1.29, 1.82) is 0 Å². The molecule has 1 unspecified atom stereocenters. The first kappa shape index (κ1) is 13.2. The number of hydrogen-bond acceptors (Lipinski definition) is 6. The van der Waals surface area contributed by atoms with E-state index in [1.807, 2.05) is 4.90 Å². The Kier molecular flexibility index (Phi) is 3.77. The Balaban J connectivity index is 1.49. The molecular weight excluding hydrogens is 260 g/mol. The van der Waals surface area contributed by atoms with Crippen LogP contribution >= 0.6 is 0 Å². The second-order valence-corrected chi connectivity index (χ2v) is 5.54. The lowest BCUT2D eigenvalue weighted by molar-refractivity contribution is -0.119. The van der Waals surface area contributed by atoms with Crippen molar-refractivity contribution in [3.63, 3.8) is 0 Å². The van der Waals surface area contributed by atoms with Gasteiger partial charge in [-0.05, 0) is 32.2 Å². The monoisotopic (exact) mass is 278 g/mol. The molecule has 7 nitrogen and oxygen atoms in total. The van der Waals surface area contributed by atoms with Gasteiger partial charge in [0.15, 0.2) is 0 Å².